The molecule has 0 aliphatic rings. The van der Waals surface area contributed by atoms with Crippen LogP contribution in [0.5, 0.6) is 0 Å². The number of rotatable bonds is 3. The van der Waals surface area contributed by atoms with Crippen molar-refractivity contribution < 1.29 is 0 Å². The molecule has 0 atom stereocenters. The summed E-state index contributed by atoms with van der Waals surface area (Å²) in [6, 6.07) is 49.3. The van der Waals surface area contributed by atoms with Crippen LogP contribution in [0.3, 0.4) is 0 Å². The number of benzene rings is 6. The number of nitrogens with zero attached hydrogens (tertiary/aromatic N) is 4. The quantitative estimate of drug-likeness (QED) is 0.205. The van der Waals surface area contributed by atoms with Crippen LogP contribution >= 0.6 is 0 Å². The van der Waals surface area contributed by atoms with E-state index in [4.69, 9.17) is 0 Å². The van der Waals surface area contributed by atoms with Gasteiger partial charge >= 0.3 is 0 Å². The van der Waals surface area contributed by atoms with Crippen molar-refractivity contribution in [3.63, 3.8) is 0 Å². The average Bonchev–Trinajstić information content (AvgIpc) is 3.60. The fourth-order valence-corrected chi connectivity index (χ4v) is 7.28. The summed E-state index contributed by atoms with van der Waals surface area (Å²) in [4.78, 5) is 0. The molecule has 2 aromatic heterocycles. The van der Waals surface area contributed by atoms with Crippen LogP contribution in [0.25, 0.3) is 66.1 Å². The van der Waals surface area contributed by atoms with Crippen LogP contribution in [0.2, 0.25) is 0 Å². The zero-order valence-electron chi connectivity index (χ0n) is 25.9. The zero-order chi connectivity index (χ0) is 31.6. The second-order valence-corrected chi connectivity index (χ2v) is 12.8. The molecule has 0 N–H and O–H groups in total. The summed E-state index contributed by atoms with van der Waals surface area (Å²) in [7, 11) is 0. The van der Waals surface area contributed by atoms with E-state index in [0.717, 1.165) is 55.4 Å². The fraction of sp³-hybridized carbons (Fsp3) is 0.0952. The van der Waals surface area contributed by atoms with E-state index in [9.17, 15) is 10.5 Å². The second kappa shape index (κ2) is 10.2. The minimum Gasteiger partial charge on any atom is -0.309 e. The highest BCUT2D eigenvalue weighted by Crippen LogP contribution is 2.42. The standard InChI is InChI=1S/C42H30N4/c1-42(2,3)41-28(25-43)21-23-38(34(41)26-44)46-36-18-10-8-15-32(36)40-30(16-11-19-39(40)46)27-20-22-37-33(24-27)31-14-7-9-17-35(31)45(37)29-12-5-4-6-13-29/h4-24H,1-3H3. The number of para-hydroxylation sites is 3. The normalized spacial score (nSPS) is 11.8. The molecule has 8 aromatic rings. The number of hydrogen-bond donors (Lipinski definition) is 0. The Morgan fingerprint density at radius 1 is 0.543 bits per heavy atom. The van der Waals surface area contributed by atoms with Gasteiger partial charge in [-0.25, -0.2) is 0 Å². The first-order valence-corrected chi connectivity index (χ1v) is 15.5. The van der Waals surface area contributed by atoms with Gasteiger partial charge in [-0.15, -0.1) is 0 Å². The predicted octanol–water partition coefficient (Wildman–Crippen LogP) is 10.6. The SMILES string of the molecule is CC(C)(C)c1c(C#N)ccc(-n2c3ccccc3c3c(-c4ccc5c(c4)c4ccccc4n5-c4ccccc4)cccc32)c1C#N. The van der Waals surface area contributed by atoms with Crippen LogP contribution in [0.4, 0.5) is 0 Å². The largest absolute Gasteiger partial charge is 0.309 e. The van der Waals surface area contributed by atoms with Gasteiger partial charge in [0.25, 0.3) is 0 Å². The van der Waals surface area contributed by atoms with Gasteiger partial charge in [0.15, 0.2) is 0 Å². The van der Waals surface area contributed by atoms with Gasteiger partial charge in [-0.1, -0.05) is 93.6 Å². The maximum atomic E-state index is 10.6. The topological polar surface area (TPSA) is 57.4 Å². The Morgan fingerprint density at radius 2 is 1.20 bits per heavy atom. The van der Waals surface area contributed by atoms with Crippen molar-refractivity contribution in [1.29, 1.82) is 10.5 Å². The molecule has 4 heteroatoms. The predicted molar refractivity (Wildman–Crippen MR) is 189 cm³/mol. The molecule has 0 saturated carbocycles. The molecule has 6 aromatic carbocycles. The monoisotopic (exact) mass is 590 g/mol. The Labute approximate surface area is 267 Å². The first kappa shape index (κ1) is 27.4. The van der Waals surface area contributed by atoms with Crippen molar-refractivity contribution in [1.82, 2.24) is 9.13 Å². The van der Waals surface area contributed by atoms with E-state index in [1.807, 2.05) is 24.3 Å². The van der Waals surface area contributed by atoms with Crippen LogP contribution < -0.4 is 0 Å². The Bertz CT molecular complexity index is 2580. The van der Waals surface area contributed by atoms with Crippen LogP contribution in [0, 0.1) is 22.7 Å². The molecule has 4 nitrogen and oxygen atoms in total. The summed E-state index contributed by atoms with van der Waals surface area (Å²) in [5, 5.41) is 25.2. The molecule has 0 radical (unpaired) electrons. The summed E-state index contributed by atoms with van der Waals surface area (Å²) in [5.74, 6) is 0. The van der Waals surface area contributed by atoms with E-state index in [2.05, 4.69) is 145 Å². The van der Waals surface area contributed by atoms with E-state index in [-0.39, 0.29) is 5.41 Å². The van der Waals surface area contributed by atoms with Gasteiger partial charge in [0.2, 0.25) is 0 Å². The first-order chi connectivity index (χ1) is 22.4. The molecule has 0 fully saturated rings. The van der Waals surface area contributed by atoms with Crippen molar-refractivity contribution in [2.45, 2.75) is 26.2 Å². The van der Waals surface area contributed by atoms with E-state index < -0.39 is 0 Å². The van der Waals surface area contributed by atoms with Crippen molar-refractivity contribution in [2.75, 3.05) is 0 Å². The number of hydrogen-bond acceptors (Lipinski definition) is 2. The molecule has 0 saturated heterocycles. The minimum absolute atomic E-state index is 0.385. The van der Waals surface area contributed by atoms with Gasteiger partial charge in [-0.05, 0) is 76.7 Å². The fourth-order valence-electron chi connectivity index (χ4n) is 7.28. The van der Waals surface area contributed by atoms with Gasteiger partial charge in [0.05, 0.1) is 45.0 Å². The highest BCUT2D eigenvalue weighted by atomic mass is 15.0. The molecule has 218 valence electrons. The van der Waals surface area contributed by atoms with Gasteiger partial charge < -0.3 is 9.13 Å². The Morgan fingerprint density at radius 3 is 1.91 bits per heavy atom. The van der Waals surface area contributed by atoms with Crippen LogP contribution in [-0.2, 0) is 5.41 Å². The molecule has 0 spiro atoms. The average molecular weight is 591 g/mol. The smallest absolute Gasteiger partial charge is 0.102 e. The Kier molecular flexibility index (Phi) is 6.11. The molecule has 0 aliphatic carbocycles. The van der Waals surface area contributed by atoms with E-state index in [1.165, 1.54) is 16.3 Å². The lowest BCUT2D eigenvalue weighted by Gasteiger charge is -2.24. The summed E-state index contributed by atoms with van der Waals surface area (Å²) >= 11 is 0. The van der Waals surface area contributed by atoms with E-state index >= 15 is 0 Å². The third-order valence-corrected chi connectivity index (χ3v) is 9.10. The highest BCUT2D eigenvalue weighted by molar-refractivity contribution is 6.17. The maximum Gasteiger partial charge on any atom is 0.102 e. The van der Waals surface area contributed by atoms with E-state index in [0.29, 0.717) is 11.1 Å². The molecule has 2 heterocycles. The van der Waals surface area contributed by atoms with Crippen LogP contribution in [0.15, 0.2) is 127 Å². The summed E-state index contributed by atoms with van der Waals surface area (Å²) < 4.78 is 4.53. The molecule has 0 amide bonds. The van der Waals surface area contributed by atoms with Crippen LogP contribution in [0.1, 0.15) is 37.5 Å². The van der Waals surface area contributed by atoms with Crippen molar-refractivity contribution >= 4 is 43.6 Å². The van der Waals surface area contributed by atoms with Crippen LogP contribution in [-0.4, -0.2) is 9.13 Å². The summed E-state index contributed by atoms with van der Waals surface area (Å²) in [6.45, 7) is 6.17. The number of nitriles is 2. The number of fused-ring (bicyclic) bond motifs is 6. The van der Waals surface area contributed by atoms with Gasteiger partial charge in [-0.2, -0.15) is 10.5 Å². The molecule has 0 unspecified atom stereocenters. The Hall–Kier alpha value is -6.10. The lowest BCUT2D eigenvalue weighted by molar-refractivity contribution is 0.586. The van der Waals surface area contributed by atoms with Gasteiger partial charge in [0.1, 0.15) is 6.07 Å². The van der Waals surface area contributed by atoms with E-state index in [1.54, 1.807) is 0 Å². The van der Waals surface area contributed by atoms with Crippen molar-refractivity contribution in [3.8, 4) is 34.6 Å². The zero-order valence-corrected chi connectivity index (χ0v) is 25.9. The molecule has 0 aliphatic heterocycles. The minimum atomic E-state index is -0.385. The highest BCUT2D eigenvalue weighted by Gasteiger charge is 2.27. The molecular weight excluding hydrogens is 560 g/mol. The van der Waals surface area contributed by atoms with Gasteiger partial charge in [0, 0.05) is 27.2 Å². The Balaban J connectivity index is 1.43. The molecule has 46 heavy (non-hydrogen) atoms. The summed E-state index contributed by atoms with van der Waals surface area (Å²) in [5.41, 5.74) is 10.0. The van der Waals surface area contributed by atoms with Crippen molar-refractivity contribution in [3.05, 3.63) is 144 Å². The third-order valence-electron chi connectivity index (χ3n) is 9.10. The lowest BCUT2D eigenvalue weighted by Crippen LogP contribution is -2.17. The summed E-state index contributed by atoms with van der Waals surface area (Å²) in [6.07, 6.45) is 0. The number of aromatic nitrogens is 2. The first-order valence-electron chi connectivity index (χ1n) is 15.5. The lowest BCUT2D eigenvalue weighted by atomic mass is 9.80. The molecule has 8 rings (SSSR count). The second-order valence-electron chi connectivity index (χ2n) is 12.8. The third kappa shape index (κ3) is 3.98. The molecular formula is C42H30N4. The molecule has 0 bridgehead atoms. The van der Waals surface area contributed by atoms with Gasteiger partial charge in [-0.3, -0.25) is 0 Å². The maximum absolute atomic E-state index is 10.6. The van der Waals surface area contributed by atoms with Crippen molar-refractivity contribution in [2.24, 2.45) is 0 Å².